The van der Waals surface area contributed by atoms with Gasteiger partial charge < -0.3 is 0 Å². The molecule has 0 aliphatic carbocycles. The highest BCUT2D eigenvalue weighted by Gasteiger charge is 2.16. The van der Waals surface area contributed by atoms with E-state index in [2.05, 4.69) is 20.8 Å². The Bertz CT molecular complexity index is 172. The van der Waals surface area contributed by atoms with Gasteiger partial charge in [0.2, 0.25) is 0 Å². The molecule has 0 spiro atoms. The van der Waals surface area contributed by atoms with Gasteiger partial charge in [-0.05, 0) is 20.8 Å². The van der Waals surface area contributed by atoms with E-state index in [0.29, 0.717) is 6.42 Å². The maximum Gasteiger partial charge on any atom is 0.160 e. The van der Waals surface area contributed by atoms with Gasteiger partial charge in [0.25, 0.3) is 0 Å². The average Bonchev–Trinajstić information content (AvgIpc) is 2.20. The van der Waals surface area contributed by atoms with Gasteiger partial charge in [-0.3, -0.25) is 9.28 Å². The number of hydrogen-bond acceptors (Lipinski definition) is 1. The zero-order valence-corrected chi connectivity index (χ0v) is 9.34. The highest BCUT2D eigenvalue weighted by molar-refractivity contribution is 5.88. The van der Waals surface area contributed by atoms with Gasteiger partial charge in [-0.15, -0.1) is 0 Å². The van der Waals surface area contributed by atoms with Crippen LogP contribution in [0.15, 0.2) is 12.3 Å². The number of carbonyl (C=O) groups is 1. The predicted octanol–water partition coefficient (Wildman–Crippen LogP) is 2.36. The molecule has 0 radical (unpaired) electrons. The Morgan fingerprint density at radius 3 is 1.85 bits per heavy atom. The van der Waals surface area contributed by atoms with E-state index < -0.39 is 0 Å². The van der Waals surface area contributed by atoms with E-state index in [1.165, 1.54) is 0 Å². The van der Waals surface area contributed by atoms with Crippen molar-refractivity contribution in [1.82, 2.24) is 0 Å². The van der Waals surface area contributed by atoms with Crippen LogP contribution in [0.3, 0.4) is 0 Å². The summed E-state index contributed by atoms with van der Waals surface area (Å²) in [5.41, 5.74) is 0. The molecule has 0 unspecified atom stereocenters. The minimum absolute atomic E-state index is 0.220. The summed E-state index contributed by atoms with van der Waals surface area (Å²) in [4.78, 5) is 11.1. The third-order valence-corrected chi connectivity index (χ3v) is 2.81. The Balaban J connectivity index is 4.40. The summed E-state index contributed by atoms with van der Waals surface area (Å²) in [6, 6.07) is 0. The van der Waals surface area contributed by atoms with Crippen molar-refractivity contribution < 1.29 is 9.28 Å². The van der Waals surface area contributed by atoms with Crippen LogP contribution in [0.1, 0.15) is 34.1 Å². The molecular formula is C11H22NO+. The predicted molar refractivity (Wildman–Crippen MR) is 56.3 cm³/mol. The lowest BCUT2D eigenvalue weighted by atomic mass is 10.3. The van der Waals surface area contributed by atoms with Crippen LogP contribution in [-0.2, 0) is 4.79 Å². The van der Waals surface area contributed by atoms with Crippen LogP contribution < -0.4 is 0 Å². The van der Waals surface area contributed by atoms with Gasteiger partial charge in [0, 0.05) is 12.5 Å². The molecule has 0 aromatic carbocycles. The molecule has 0 heterocycles. The zero-order valence-electron chi connectivity index (χ0n) is 9.34. The lowest BCUT2D eigenvalue weighted by Crippen LogP contribution is -2.42. The first-order valence-corrected chi connectivity index (χ1v) is 5.21. The molecule has 76 valence electrons. The van der Waals surface area contributed by atoms with E-state index in [-0.39, 0.29) is 5.78 Å². The SMILES string of the molecule is CCC(=O)/C=C/[N+](CC)(CC)CC. The average molecular weight is 184 g/mol. The van der Waals surface area contributed by atoms with E-state index in [9.17, 15) is 4.79 Å². The topological polar surface area (TPSA) is 17.1 Å². The van der Waals surface area contributed by atoms with Crippen LogP contribution >= 0.6 is 0 Å². The first kappa shape index (κ1) is 12.4. The summed E-state index contributed by atoms with van der Waals surface area (Å²) in [6.07, 6.45) is 4.38. The van der Waals surface area contributed by atoms with Crippen molar-refractivity contribution in [2.24, 2.45) is 0 Å². The molecule has 0 aromatic heterocycles. The molecule has 0 saturated carbocycles. The van der Waals surface area contributed by atoms with E-state index >= 15 is 0 Å². The summed E-state index contributed by atoms with van der Waals surface area (Å²) in [6.45, 7) is 11.5. The Morgan fingerprint density at radius 2 is 1.54 bits per heavy atom. The molecule has 0 rings (SSSR count). The molecule has 2 heteroatoms. The summed E-state index contributed by atoms with van der Waals surface area (Å²) < 4.78 is 0.908. The van der Waals surface area contributed by atoms with Crippen LogP contribution in [0.5, 0.6) is 0 Å². The normalized spacial score (nSPS) is 12.3. The molecule has 13 heavy (non-hydrogen) atoms. The van der Waals surface area contributed by atoms with Crippen molar-refractivity contribution in [2.45, 2.75) is 34.1 Å². The molecule has 0 amide bonds. The molecule has 0 saturated heterocycles. The van der Waals surface area contributed by atoms with Crippen molar-refractivity contribution in [3.05, 3.63) is 12.3 Å². The van der Waals surface area contributed by atoms with Gasteiger partial charge in [-0.2, -0.15) is 0 Å². The first-order chi connectivity index (χ1) is 6.14. The Labute approximate surface area is 81.8 Å². The fraction of sp³-hybridized carbons (Fsp3) is 0.727. The van der Waals surface area contributed by atoms with Gasteiger partial charge in [0.05, 0.1) is 25.8 Å². The van der Waals surface area contributed by atoms with E-state index in [0.717, 1.165) is 24.1 Å². The second-order valence-electron chi connectivity index (χ2n) is 3.30. The van der Waals surface area contributed by atoms with Crippen LogP contribution in [-0.4, -0.2) is 29.9 Å². The number of nitrogens with zero attached hydrogens (tertiary/aromatic N) is 1. The van der Waals surface area contributed by atoms with Gasteiger partial charge >= 0.3 is 0 Å². The molecule has 0 atom stereocenters. The van der Waals surface area contributed by atoms with Crippen molar-refractivity contribution in [1.29, 1.82) is 0 Å². The third-order valence-electron chi connectivity index (χ3n) is 2.81. The number of quaternary nitrogens is 1. The molecule has 0 N–H and O–H groups in total. The third kappa shape index (κ3) is 3.73. The highest BCUT2D eigenvalue weighted by atomic mass is 16.1. The van der Waals surface area contributed by atoms with Crippen LogP contribution in [0.25, 0.3) is 0 Å². The van der Waals surface area contributed by atoms with Crippen LogP contribution in [0, 0.1) is 0 Å². The molecule has 0 fully saturated rings. The quantitative estimate of drug-likeness (QED) is 0.457. The molecule has 0 aliphatic heterocycles. The molecule has 2 nitrogen and oxygen atoms in total. The summed E-state index contributed by atoms with van der Waals surface area (Å²) in [5.74, 6) is 0.220. The fourth-order valence-electron chi connectivity index (χ4n) is 1.35. The second-order valence-corrected chi connectivity index (χ2v) is 3.30. The van der Waals surface area contributed by atoms with Crippen molar-refractivity contribution in [3.8, 4) is 0 Å². The zero-order chi connectivity index (χ0) is 10.3. The summed E-state index contributed by atoms with van der Waals surface area (Å²) in [5, 5.41) is 0. The lowest BCUT2D eigenvalue weighted by Gasteiger charge is -2.31. The minimum Gasteiger partial charge on any atom is -0.298 e. The first-order valence-electron chi connectivity index (χ1n) is 5.21. The number of ketones is 1. The molecular weight excluding hydrogens is 162 g/mol. The van der Waals surface area contributed by atoms with Crippen molar-refractivity contribution in [2.75, 3.05) is 19.6 Å². The van der Waals surface area contributed by atoms with Gasteiger partial charge in [0.1, 0.15) is 0 Å². The van der Waals surface area contributed by atoms with E-state index in [1.807, 2.05) is 13.1 Å². The monoisotopic (exact) mass is 184 g/mol. The highest BCUT2D eigenvalue weighted by Crippen LogP contribution is 2.07. The largest absolute Gasteiger partial charge is 0.298 e. The number of hydrogen-bond donors (Lipinski definition) is 0. The fourth-order valence-corrected chi connectivity index (χ4v) is 1.35. The van der Waals surface area contributed by atoms with Crippen LogP contribution in [0.4, 0.5) is 0 Å². The number of allylic oxidation sites excluding steroid dienone is 1. The maximum atomic E-state index is 11.1. The molecule has 0 bridgehead atoms. The number of rotatable bonds is 6. The smallest absolute Gasteiger partial charge is 0.160 e. The maximum absolute atomic E-state index is 11.1. The Morgan fingerprint density at radius 1 is 1.08 bits per heavy atom. The van der Waals surface area contributed by atoms with Gasteiger partial charge in [0.15, 0.2) is 5.78 Å². The van der Waals surface area contributed by atoms with E-state index in [1.54, 1.807) is 6.08 Å². The summed E-state index contributed by atoms with van der Waals surface area (Å²) >= 11 is 0. The van der Waals surface area contributed by atoms with Gasteiger partial charge in [-0.1, -0.05) is 6.92 Å². The Kier molecular flexibility index (Phi) is 5.63. The second kappa shape index (κ2) is 5.92. The molecule has 0 aliphatic rings. The Hall–Kier alpha value is -0.630. The van der Waals surface area contributed by atoms with Crippen LogP contribution in [0.2, 0.25) is 0 Å². The molecule has 0 aromatic rings. The van der Waals surface area contributed by atoms with Crippen molar-refractivity contribution >= 4 is 5.78 Å². The summed E-state index contributed by atoms with van der Waals surface area (Å²) in [7, 11) is 0. The lowest BCUT2D eigenvalue weighted by molar-refractivity contribution is -0.874. The van der Waals surface area contributed by atoms with Crippen molar-refractivity contribution in [3.63, 3.8) is 0 Å². The standard InChI is InChI=1S/C11H22NO/c1-5-11(13)9-10-12(6-2,7-3)8-4/h9-10H,5-8H2,1-4H3/q+1/b10-9+. The number of carbonyl (C=O) groups excluding carboxylic acids is 1. The van der Waals surface area contributed by atoms with E-state index in [4.69, 9.17) is 0 Å². The minimum atomic E-state index is 0.220. The van der Waals surface area contributed by atoms with Gasteiger partial charge in [-0.25, -0.2) is 0 Å².